The van der Waals surface area contributed by atoms with Crippen molar-refractivity contribution in [2.45, 2.75) is 19.4 Å². The monoisotopic (exact) mass is 460 g/mol. The minimum atomic E-state index is -0.408. The standard InChI is InChI=1S/C20H21BrN4O4/c21-17-3-6-19(26)16(11-17)12-22-23-20(27)15-7-9-24(10-8-15)13-14-1-4-18(5-2-14)25(28)29/h1-6,11-12,15,26H,7-10,13H2,(H,23,27)/b22-12+. The lowest BCUT2D eigenvalue weighted by Crippen LogP contribution is -2.39. The maximum atomic E-state index is 12.3. The highest BCUT2D eigenvalue weighted by Gasteiger charge is 2.24. The predicted molar refractivity (Wildman–Crippen MR) is 113 cm³/mol. The fourth-order valence-electron chi connectivity index (χ4n) is 3.22. The van der Waals surface area contributed by atoms with E-state index in [2.05, 4.69) is 31.4 Å². The SMILES string of the molecule is O=C(N/N=C/c1cc(Br)ccc1O)C1CCN(Cc2ccc([N+](=O)[O-])cc2)CC1. The van der Waals surface area contributed by atoms with Crippen molar-refractivity contribution < 1.29 is 14.8 Å². The number of carbonyl (C=O) groups is 1. The first-order chi connectivity index (χ1) is 13.9. The van der Waals surface area contributed by atoms with Gasteiger partial charge in [-0.1, -0.05) is 28.1 Å². The van der Waals surface area contributed by atoms with Gasteiger partial charge in [0, 0.05) is 34.6 Å². The molecule has 3 rings (SSSR count). The molecule has 1 fully saturated rings. The number of nitro groups is 1. The number of aromatic hydroxyl groups is 1. The number of likely N-dealkylation sites (tertiary alicyclic amines) is 1. The minimum absolute atomic E-state index is 0.0841. The van der Waals surface area contributed by atoms with E-state index in [1.807, 2.05) is 0 Å². The molecule has 1 aliphatic heterocycles. The Labute approximate surface area is 176 Å². The van der Waals surface area contributed by atoms with Crippen LogP contribution >= 0.6 is 15.9 Å². The number of phenolic OH excluding ortho intramolecular Hbond substituents is 1. The van der Waals surface area contributed by atoms with Crippen LogP contribution in [-0.4, -0.2) is 40.1 Å². The van der Waals surface area contributed by atoms with Gasteiger partial charge in [0.15, 0.2) is 0 Å². The lowest BCUT2D eigenvalue weighted by atomic mass is 9.96. The zero-order valence-corrected chi connectivity index (χ0v) is 17.2. The van der Waals surface area contributed by atoms with Crippen LogP contribution in [0.2, 0.25) is 0 Å². The molecule has 29 heavy (non-hydrogen) atoms. The third-order valence-electron chi connectivity index (χ3n) is 4.88. The summed E-state index contributed by atoms with van der Waals surface area (Å²) in [6, 6.07) is 11.5. The first-order valence-corrected chi connectivity index (χ1v) is 9.99. The highest BCUT2D eigenvalue weighted by Crippen LogP contribution is 2.21. The number of halogens is 1. The quantitative estimate of drug-likeness (QED) is 0.390. The van der Waals surface area contributed by atoms with Gasteiger partial charge in [-0.15, -0.1) is 0 Å². The number of hydrazone groups is 1. The van der Waals surface area contributed by atoms with Crippen LogP contribution in [0.4, 0.5) is 5.69 Å². The van der Waals surface area contributed by atoms with Crippen molar-refractivity contribution in [3.05, 3.63) is 68.2 Å². The second kappa shape index (κ2) is 9.62. The summed E-state index contributed by atoms with van der Waals surface area (Å²) in [5, 5.41) is 24.5. The Morgan fingerprint density at radius 3 is 2.62 bits per heavy atom. The maximum absolute atomic E-state index is 12.3. The average Bonchev–Trinajstić information content (AvgIpc) is 2.71. The summed E-state index contributed by atoms with van der Waals surface area (Å²) < 4.78 is 0.809. The largest absolute Gasteiger partial charge is 0.507 e. The van der Waals surface area contributed by atoms with Gasteiger partial charge in [-0.25, -0.2) is 5.43 Å². The fraction of sp³-hybridized carbons (Fsp3) is 0.300. The smallest absolute Gasteiger partial charge is 0.269 e. The van der Waals surface area contributed by atoms with E-state index in [0.29, 0.717) is 12.1 Å². The van der Waals surface area contributed by atoms with Crippen LogP contribution in [0.15, 0.2) is 52.0 Å². The minimum Gasteiger partial charge on any atom is -0.507 e. The van der Waals surface area contributed by atoms with Gasteiger partial charge < -0.3 is 5.11 Å². The number of carbonyl (C=O) groups excluding carboxylic acids is 1. The summed E-state index contributed by atoms with van der Waals surface area (Å²) in [5.41, 5.74) is 4.16. The van der Waals surface area contributed by atoms with Crippen molar-refractivity contribution in [3.8, 4) is 5.75 Å². The number of benzene rings is 2. The van der Waals surface area contributed by atoms with E-state index in [9.17, 15) is 20.0 Å². The van der Waals surface area contributed by atoms with Crippen LogP contribution < -0.4 is 5.43 Å². The number of hydrogen-bond acceptors (Lipinski definition) is 6. The molecule has 152 valence electrons. The van der Waals surface area contributed by atoms with Gasteiger partial charge in [0.1, 0.15) is 5.75 Å². The Morgan fingerprint density at radius 2 is 1.97 bits per heavy atom. The van der Waals surface area contributed by atoms with Crippen LogP contribution in [-0.2, 0) is 11.3 Å². The van der Waals surface area contributed by atoms with Gasteiger partial charge in [-0.05, 0) is 49.7 Å². The molecule has 9 heteroatoms. The number of nitrogens with one attached hydrogen (secondary N) is 1. The summed E-state index contributed by atoms with van der Waals surface area (Å²) in [6.07, 6.45) is 2.86. The molecule has 1 aliphatic rings. The summed E-state index contributed by atoms with van der Waals surface area (Å²) in [4.78, 5) is 24.9. The molecule has 0 bridgehead atoms. The van der Waals surface area contributed by atoms with E-state index >= 15 is 0 Å². The third-order valence-corrected chi connectivity index (χ3v) is 5.37. The van der Waals surface area contributed by atoms with Gasteiger partial charge in [-0.2, -0.15) is 5.10 Å². The van der Waals surface area contributed by atoms with Crippen molar-refractivity contribution in [2.75, 3.05) is 13.1 Å². The van der Waals surface area contributed by atoms with Gasteiger partial charge in [0.25, 0.3) is 5.69 Å². The normalized spacial score (nSPS) is 15.5. The van der Waals surface area contributed by atoms with E-state index in [4.69, 9.17) is 0 Å². The highest BCUT2D eigenvalue weighted by molar-refractivity contribution is 9.10. The van der Waals surface area contributed by atoms with E-state index in [1.54, 1.807) is 30.3 Å². The molecule has 1 amide bonds. The average molecular weight is 461 g/mol. The molecule has 2 aromatic rings. The first-order valence-electron chi connectivity index (χ1n) is 9.19. The Hall–Kier alpha value is -2.78. The van der Waals surface area contributed by atoms with Crippen molar-refractivity contribution in [2.24, 2.45) is 11.0 Å². The lowest BCUT2D eigenvalue weighted by Gasteiger charge is -2.30. The van der Waals surface area contributed by atoms with Crippen LogP contribution in [0.1, 0.15) is 24.0 Å². The van der Waals surface area contributed by atoms with E-state index < -0.39 is 4.92 Å². The molecule has 0 spiro atoms. The second-order valence-electron chi connectivity index (χ2n) is 6.91. The number of nitrogens with zero attached hydrogens (tertiary/aromatic N) is 3. The molecule has 0 radical (unpaired) electrons. The number of hydrogen-bond donors (Lipinski definition) is 2. The molecule has 8 nitrogen and oxygen atoms in total. The molecule has 1 heterocycles. The van der Waals surface area contributed by atoms with Crippen LogP contribution in [0, 0.1) is 16.0 Å². The topological polar surface area (TPSA) is 108 Å². The van der Waals surface area contributed by atoms with Crippen LogP contribution in [0.5, 0.6) is 5.75 Å². The summed E-state index contributed by atoms with van der Waals surface area (Å²) in [6.45, 7) is 2.24. The first kappa shape index (κ1) is 20.9. The van der Waals surface area contributed by atoms with E-state index in [1.165, 1.54) is 18.3 Å². The van der Waals surface area contributed by atoms with Crippen molar-refractivity contribution in [3.63, 3.8) is 0 Å². The van der Waals surface area contributed by atoms with E-state index in [0.717, 1.165) is 36.0 Å². The molecule has 0 aromatic heterocycles. The molecule has 0 aliphatic carbocycles. The molecular weight excluding hydrogens is 440 g/mol. The zero-order valence-electron chi connectivity index (χ0n) is 15.6. The van der Waals surface area contributed by atoms with Crippen molar-refractivity contribution in [1.82, 2.24) is 10.3 Å². The van der Waals surface area contributed by atoms with Gasteiger partial charge in [0.05, 0.1) is 11.1 Å². The van der Waals surface area contributed by atoms with Gasteiger partial charge in [-0.3, -0.25) is 19.8 Å². The molecule has 0 atom stereocenters. The Balaban J connectivity index is 1.46. The third kappa shape index (κ3) is 5.85. The van der Waals surface area contributed by atoms with Crippen LogP contribution in [0.3, 0.4) is 0 Å². The predicted octanol–water partition coefficient (Wildman–Crippen LogP) is 3.43. The van der Waals surface area contributed by atoms with E-state index in [-0.39, 0.29) is 23.3 Å². The number of non-ortho nitro benzene ring substituents is 1. The Morgan fingerprint density at radius 1 is 1.28 bits per heavy atom. The summed E-state index contributed by atoms with van der Waals surface area (Å²) in [5.74, 6) is -0.159. The van der Waals surface area contributed by atoms with Crippen molar-refractivity contribution >= 4 is 33.7 Å². The molecule has 0 saturated carbocycles. The number of phenols is 1. The number of amides is 1. The molecule has 2 aromatic carbocycles. The zero-order chi connectivity index (χ0) is 20.8. The summed E-state index contributed by atoms with van der Waals surface area (Å²) >= 11 is 3.32. The highest BCUT2D eigenvalue weighted by atomic mass is 79.9. The number of nitro benzene ring substituents is 1. The van der Waals surface area contributed by atoms with Gasteiger partial charge in [0.2, 0.25) is 5.91 Å². The lowest BCUT2D eigenvalue weighted by molar-refractivity contribution is -0.384. The molecule has 2 N–H and O–H groups in total. The Bertz CT molecular complexity index is 909. The molecule has 0 unspecified atom stereocenters. The number of piperidine rings is 1. The molecular formula is C20H21BrN4O4. The fourth-order valence-corrected chi connectivity index (χ4v) is 3.60. The summed E-state index contributed by atoms with van der Waals surface area (Å²) in [7, 11) is 0. The number of rotatable bonds is 6. The van der Waals surface area contributed by atoms with Crippen molar-refractivity contribution in [1.29, 1.82) is 0 Å². The maximum Gasteiger partial charge on any atom is 0.269 e. The second-order valence-corrected chi connectivity index (χ2v) is 7.83. The van der Waals surface area contributed by atoms with Gasteiger partial charge >= 0.3 is 0 Å². The molecule has 1 saturated heterocycles. The Kier molecular flexibility index (Phi) is 6.95. The van der Waals surface area contributed by atoms with Crippen LogP contribution in [0.25, 0.3) is 0 Å².